The van der Waals surface area contributed by atoms with Crippen LogP contribution in [0.4, 0.5) is 10.1 Å². The minimum absolute atomic E-state index is 0.0367. The fourth-order valence-corrected chi connectivity index (χ4v) is 4.41. The Kier molecular flexibility index (Phi) is 4.85. The van der Waals surface area contributed by atoms with Crippen molar-refractivity contribution in [1.29, 1.82) is 0 Å². The maximum Gasteiger partial charge on any atom is 0.248 e. The first-order valence-electron chi connectivity index (χ1n) is 7.01. The summed E-state index contributed by atoms with van der Waals surface area (Å²) < 4.78 is 40.3. The van der Waals surface area contributed by atoms with Gasteiger partial charge in [-0.05, 0) is 45.0 Å². The van der Waals surface area contributed by atoms with Crippen molar-refractivity contribution in [3.05, 3.63) is 24.0 Å². The number of rotatable bonds is 4. The Morgan fingerprint density at radius 2 is 1.95 bits per heavy atom. The maximum absolute atomic E-state index is 13.9. The van der Waals surface area contributed by atoms with Gasteiger partial charge in [0.15, 0.2) is 0 Å². The number of benzene rings is 1. The molecule has 1 saturated heterocycles. The summed E-state index contributed by atoms with van der Waals surface area (Å²) in [7, 11) is 0.151. The van der Waals surface area contributed by atoms with E-state index in [2.05, 4.69) is 4.90 Å². The number of anilines is 1. The summed E-state index contributed by atoms with van der Waals surface area (Å²) >= 11 is 0. The summed E-state index contributed by atoms with van der Waals surface area (Å²) in [6, 6.07) is 3.95. The monoisotopic (exact) mass is 315 g/mol. The van der Waals surface area contributed by atoms with Crippen molar-refractivity contribution >= 4 is 15.7 Å². The van der Waals surface area contributed by atoms with Crippen LogP contribution >= 0.6 is 0 Å². The number of nitrogen functional groups attached to an aromatic ring is 1. The first-order valence-corrected chi connectivity index (χ1v) is 8.45. The molecule has 21 heavy (non-hydrogen) atoms. The first kappa shape index (κ1) is 16.2. The lowest BCUT2D eigenvalue weighted by Gasteiger charge is -2.32. The van der Waals surface area contributed by atoms with Crippen LogP contribution in [0.3, 0.4) is 0 Å². The molecule has 0 atom stereocenters. The predicted molar refractivity (Wildman–Crippen MR) is 80.8 cm³/mol. The Balaban J connectivity index is 2.16. The fourth-order valence-electron chi connectivity index (χ4n) is 2.78. The average molecular weight is 315 g/mol. The van der Waals surface area contributed by atoms with Gasteiger partial charge in [0.1, 0.15) is 10.7 Å². The van der Waals surface area contributed by atoms with Gasteiger partial charge in [-0.1, -0.05) is 6.07 Å². The van der Waals surface area contributed by atoms with E-state index < -0.39 is 20.7 Å². The van der Waals surface area contributed by atoms with Gasteiger partial charge >= 0.3 is 0 Å². The Labute approximate surface area is 125 Å². The van der Waals surface area contributed by atoms with E-state index >= 15 is 0 Å². The van der Waals surface area contributed by atoms with Gasteiger partial charge in [0.05, 0.1) is 5.69 Å². The molecular formula is C14H22FN3O2S. The van der Waals surface area contributed by atoms with Crippen LogP contribution in [0, 0.1) is 11.7 Å². The largest absolute Gasteiger partial charge is 0.398 e. The topological polar surface area (TPSA) is 66.6 Å². The molecule has 1 heterocycles. The van der Waals surface area contributed by atoms with Crippen LogP contribution in [0.1, 0.15) is 12.8 Å². The highest BCUT2D eigenvalue weighted by Crippen LogP contribution is 2.28. The Morgan fingerprint density at radius 1 is 1.33 bits per heavy atom. The molecular weight excluding hydrogens is 293 g/mol. The van der Waals surface area contributed by atoms with E-state index in [1.54, 1.807) is 0 Å². The molecule has 1 aliphatic heterocycles. The molecule has 0 radical (unpaired) electrons. The molecule has 0 amide bonds. The van der Waals surface area contributed by atoms with E-state index in [9.17, 15) is 12.8 Å². The molecule has 1 aromatic carbocycles. The molecule has 1 aromatic rings. The molecule has 1 aliphatic rings. The van der Waals surface area contributed by atoms with Crippen LogP contribution in [0.25, 0.3) is 0 Å². The highest BCUT2D eigenvalue weighted by atomic mass is 32.2. The van der Waals surface area contributed by atoms with Crippen LogP contribution < -0.4 is 5.73 Å². The van der Waals surface area contributed by atoms with Gasteiger partial charge in [0.2, 0.25) is 10.0 Å². The summed E-state index contributed by atoms with van der Waals surface area (Å²) in [6.07, 6.45) is 1.57. The fraction of sp³-hybridized carbons (Fsp3) is 0.571. The number of hydrogen-bond donors (Lipinski definition) is 1. The molecule has 2 rings (SSSR count). The Bertz CT molecular complexity index is 576. The number of hydrogen-bond acceptors (Lipinski definition) is 4. The predicted octanol–water partition coefficient (Wildman–Crippen LogP) is 1.37. The van der Waals surface area contributed by atoms with Gasteiger partial charge in [-0.15, -0.1) is 0 Å². The second kappa shape index (κ2) is 6.29. The van der Waals surface area contributed by atoms with Crippen molar-refractivity contribution in [3.8, 4) is 0 Å². The third kappa shape index (κ3) is 3.53. The van der Waals surface area contributed by atoms with Crippen molar-refractivity contribution in [2.45, 2.75) is 17.7 Å². The Hall–Kier alpha value is -1.18. The van der Waals surface area contributed by atoms with Crippen molar-refractivity contribution in [1.82, 2.24) is 9.21 Å². The zero-order valence-corrected chi connectivity index (χ0v) is 13.2. The molecule has 1 fully saturated rings. The highest BCUT2D eigenvalue weighted by Gasteiger charge is 2.32. The van der Waals surface area contributed by atoms with E-state index in [0.29, 0.717) is 19.0 Å². The van der Waals surface area contributed by atoms with Crippen molar-refractivity contribution in [2.75, 3.05) is 39.5 Å². The zero-order chi connectivity index (χ0) is 15.6. The minimum Gasteiger partial charge on any atom is -0.398 e. The van der Waals surface area contributed by atoms with E-state index in [0.717, 1.165) is 25.5 Å². The zero-order valence-electron chi connectivity index (χ0n) is 12.4. The average Bonchev–Trinajstić information content (AvgIpc) is 2.38. The van der Waals surface area contributed by atoms with E-state index in [1.807, 2.05) is 14.1 Å². The number of piperidine rings is 1. The van der Waals surface area contributed by atoms with Crippen LogP contribution in [-0.4, -0.2) is 51.4 Å². The van der Waals surface area contributed by atoms with Gasteiger partial charge in [-0.2, -0.15) is 4.31 Å². The molecule has 5 nitrogen and oxygen atoms in total. The second-order valence-corrected chi connectivity index (χ2v) is 7.64. The minimum atomic E-state index is -3.86. The third-order valence-corrected chi connectivity index (χ3v) is 5.78. The summed E-state index contributed by atoms with van der Waals surface area (Å²) in [5.41, 5.74) is 5.62. The molecule has 0 bridgehead atoms. The van der Waals surface area contributed by atoms with Crippen LogP contribution in [0.2, 0.25) is 0 Å². The normalized spacial score (nSPS) is 18.3. The van der Waals surface area contributed by atoms with Gasteiger partial charge in [-0.3, -0.25) is 0 Å². The Morgan fingerprint density at radius 3 is 2.48 bits per heavy atom. The lowest BCUT2D eigenvalue weighted by Crippen LogP contribution is -2.41. The molecule has 0 saturated carbocycles. The van der Waals surface area contributed by atoms with Gasteiger partial charge < -0.3 is 10.6 Å². The van der Waals surface area contributed by atoms with Gasteiger partial charge in [0.25, 0.3) is 0 Å². The molecule has 0 spiro atoms. The second-order valence-electron chi connectivity index (χ2n) is 5.77. The van der Waals surface area contributed by atoms with E-state index in [-0.39, 0.29) is 5.69 Å². The summed E-state index contributed by atoms with van der Waals surface area (Å²) in [4.78, 5) is 1.71. The maximum atomic E-state index is 13.9. The SMILES string of the molecule is CN(C)CC1CCN(S(=O)(=O)c2c(N)cccc2F)CC1. The molecule has 0 aliphatic carbocycles. The number of sulfonamides is 1. The number of halogens is 1. The summed E-state index contributed by atoms with van der Waals surface area (Å²) in [5, 5.41) is 0. The third-order valence-electron chi connectivity index (χ3n) is 3.79. The van der Waals surface area contributed by atoms with Crippen LogP contribution in [0.5, 0.6) is 0 Å². The quantitative estimate of drug-likeness (QED) is 0.852. The van der Waals surface area contributed by atoms with Crippen LogP contribution in [0.15, 0.2) is 23.1 Å². The highest BCUT2D eigenvalue weighted by molar-refractivity contribution is 7.89. The van der Waals surface area contributed by atoms with Crippen molar-refractivity contribution in [2.24, 2.45) is 5.92 Å². The smallest absolute Gasteiger partial charge is 0.248 e. The van der Waals surface area contributed by atoms with E-state index in [1.165, 1.54) is 16.4 Å². The van der Waals surface area contributed by atoms with Gasteiger partial charge in [0, 0.05) is 19.6 Å². The standard InChI is InChI=1S/C14H22FN3O2S/c1-17(2)10-11-6-8-18(9-7-11)21(19,20)14-12(15)4-3-5-13(14)16/h3-5,11H,6-10,16H2,1-2H3. The van der Waals surface area contributed by atoms with Crippen molar-refractivity contribution in [3.63, 3.8) is 0 Å². The van der Waals surface area contributed by atoms with Gasteiger partial charge in [-0.25, -0.2) is 12.8 Å². The lowest BCUT2D eigenvalue weighted by atomic mass is 9.98. The van der Waals surface area contributed by atoms with E-state index in [4.69, 9.17) is 5.73 Å². The van der Waals surface area contributed by atoms with Crippen LogP contribution in [-0.2, 0) is 10.0 Å². The number of nitrogens with two attached hydrogens (primary N) is 1. The summed E-state index contributed by atoms with van der Waals surface area (Å²) in [5.74, 6) is -0.310. The molecule has 7 heteroatoms. The molecule has 0 aromatic heterocycles. The summed E-state index contributed by atoms with van der Waals surface area (Å²) in [6.45, 7) is 1.76. The van der Waals surface area contributed by atoms with Crippen molar-refractivity contribution < 1.29 is 12.8 Å². The molecule has 118 valence electrons. The molecule has 2 N–H and O–H groups in total. The lowest BCUT2D eigenvalue weighted by molar-refractivity contribution is 0.224. The number of nitrogens with zero attached hydrogens (tertiary/aromatic N) is 2. The molecule has 0 unspecified atom stereocenters. The first-order chi connectivity index (χ1) is 9.82.